The molecule has 1 amide bonds. The normalized spacial score (nSPS) is 17.8. The van der Waals surface area contributed by atoms with Crippen molar-refractivity contribution in [3.63, 3.8) is 0 Å². The van der Waals surface area contributed by atoms with Gasteiger partial charge in [-0.3, -0.25) is 9.59 Å². The molecule has 0 spiro atoms. The van der Waals surface area contributed by atoms with E-state index in [2.05, 4.69) is 20.8 Å². The highest BCUT2D eigenvalue weighted by Crippen LogP contribution is 2.31. The third-order valence-electron chi connectivity index (χ3n) is 5.39. The molecule has 4 nitrogen and oxygen atoms in total. The highest BCUT2D eigenvalue weighted by Gasteiger charge is 2.36. The smallest absolute Gasteiger partial charge is 0.316 e. The number of rotatable bonds is 6. The van der Waals surface area contributed by atoms with Crippen molar-refractivity contribution in [3.8, 4) is 5.75 Å². The van der Waals surface area contributed by atoms with Crippen molar-refractivity contribution in [2.45, 2.75) is 46.0 Å². The number of esters is 1. The van der Waals surface area contributed by atoms with E-state index in [0.29, 0.717) is 18.2 Å². The van der Waals surface area contributed by atoms with Crippen molar-refractivity contribution in [1.29, 1.82) is 0 Å². The number of nitrogens with zero attached hydrogens (tertiary/aromatic N) is 1. The molecule has 142 valence electrons. The first-order valence-corrected chi connectivity index (χ1v) is 9.73. The van der Waals surface area contributed by atoms with Gasteiger partial charge < -0.3 is 9.64 Å². The van der Waals surface area contributed by atoms with Crippen LogP contribution < -0.4 is 9.64 Å². The van der Waals surface area contributed by atoms with E-state index in [4.69, 9.17) is 4.74 Å². The number of hydrogen-bond acceptors (Lipinski definition) is 3. The molecule has 0 aromatic heterocycles. The summed E-state index contributed by atoms with van der Waals surface area (Å²) in [6.45, 7) is 6.70. The number of para-hydroxylation sites is 1. The summed E-state index contributed by atoms with van der Waals surface area (Å²) in [5.41, 5.74) is 3.10. The number of carbonyl (C=O) groups excluding carboxylic acids is 2. The SMILES string of the molecule is CCc1ccc(N2C[C@H](C(=O)Oc3ccccc3[C@H](C)CC)CC2=O)cc1. The Morgan fingerprint density at radius 3 is 2.52 bits per heavy atom. The number of ether oxygens (including phenoxy) is 1. The average molecular weight is 365 g/mol. The third kappa shape index (κ3) is 4.21. The van der Waals surface area contributed by atoms with E-state index in [1.54, 1.807) is 4.90 Å². The summed E-state index contributed by atoms with van der Waals surface area (Å²) in [4.78, 5) is 26.8. The van der Waals surface area contributed by atoms with E-state index in [-0.39, 0.29) is 18.3 Å². The monoisotopic (exact) mass is 365 g/mol. The Hall–Kier alpha value is -2.62. The highest BCUT2D eigenvalue weighted by molar-refractivity contribution is 5.99. The van der Waals surface area contributed by atoms with Gasteiger partial charge in [0.15, 0.2) is 0 Å². The number of benzene rings is 2. The van der Waals surface area contributed by atoms with Gasteiger partial charge in [0, 0.05) is 18.7 Å². The van der Waals surface area contributed by atoms with Gasteiger partial charge >= 0.3 is 5.97 Å². The summed E-state index contributed by atoms with van der Waals surface area (Å²) in [7, 11) is 0. The van der Waals surface area contributed by atoms with Crippen molar-refractivity contribution in [2.24, 2.45) is 5.92 Å². The quantitative estimate of drug-likeness (QED) is 0.550. The first kappa shape index (κ1) is 19.2. The molecular weight excluding hydrogens is 338 g/mol. The van der Waals surface area contributed by atoms with E-state index in [1.807, 2.05) is 48.5 Å². The molecule has 4 heteroatoms. The Balaban J connectivity index is 1.71. The molecule has 1 fully saturated rings. The molecule has 0 N–H and O–H groups in total. The lowest BCUT2D eigenvalue weighted by molar-refractivity contribution is -0.139. The Morgan fingerprint density at radius 1 is 1.15 bits per heavy atom. The third-order valence-corrected chi connectivity index (χ3v) is 5.39. The zero-order chi connectivity index (χ0) is 19.4. The Bertz CT molecular complexity index is 813. The summed E-state index contributed by atoms with van der Waals surface area (Å²) in [5.74, 6) is 0.124. The molecule has 1 heterocycles. The summed E-state index contributed by atoms with van der Waals surface area (Å²) in [5, 5.41) is 0. The summed E-state index contributed by atoms with van der Waals surface area (Å²) < 4.78 is 5.70. The average Bonchev–Trinajstić information content (AvgIpc) is 3.09. The standard InChI is InChI=1S/C23H27NO3/c1-4-16(3)20-8-6-7-9-21(20)27-23(26)18-14-22(25)24(15-18)19-12-10-17(5-2)11-13-19/h6-13,16,18H,4-5,14-15H2,1-3H3/t16-,18-/m1/s1. The lowest BCUT2D eigenvalue weighted by atomic mass is 9.98. The predicted octanol–water partition coefficient (Wildman–Crippen LogP) is 4.72. The van der Waals surface area contributed by atoms with Gasteiger partial charge in [0.05, 0.1) is 5.92 Å². The Morgan fingerprint density at radius 2 is 1.85 bits per heavy atom. The van der Waals surface area contributed by atoms with E-state index in [0.717, 1.165) is 24.1 Å². The lowest BCUT2D eigenvalue weighted by Gasteiger charge is -2.18. The molecule has 1 saturated heterocycles. The van der Waals surface area contributed by atoms with Crippen molar-refractivity contribution in [1.82, 2.24) is 0 Å². The number of hydrogen-bond donors (Lipinski definition) is 0. The highest BCUT2D eigenvalue weighted by atomic mass is 16.5. The number of anilines is 1. The van der Waals surface area contributed by atoms with Gasteiger partial charge in [-0.2, -0.15) is 0 Å². The number of amides is 1. The van der Waals surface area contributed by atoms with Crippen LogP contribution in [0.2, 0.25) is 0 Å². The van der Waals surface area contributed by atoms with Crippen molar-refractivity contribution in [2.75, 3.05) is 11.4 Å². The maximum atomic E-state index is 12.7. The minimum Gasteiger partial charge on any atom is -0.426 e. The van der Waals surface area contributed by atoms with Crippen LogP contribution in [0.15, 0.2) is 48.5 Å². The maximum Gasteiger partial charge on any atom is 0.316 e. The van der Waals surface area contributed by atoms with Crippen molar-refractivity contribution in [3.05, 3.63) is 59.7 Å². The number of carbonyl (C=O) groups is 2. The Labute approximate surface area is 161 Å². The largest absolute Gasteiger partial charge is 0.426 e. The first-order chi connectivity index (χ1) is 13.0. The second-order valence-corrected chi connectivity index (χ2v) is 7.19. The molecule has 2 atom stereocenters. The molecule has 2 aromatic carbocycles. The van der Waals surface area contributed by atoms with Crippen LogP contribution in [0.1, 0.15) is 50.7 Å². The summed E-state index contributed by atoms with van der Waals surface area (Å²) in [6.07, 6.45) is 2.12. The molecule has 0 unspecified atom stereocenters. The second-order valence-electron chi connectivity index (χ2n) is 7.19. The first-order valence-electron chi connectivity index (χ1n) is 9.73. The fraction of sp³-hybridized carbons (Fsp3) is 0.391. The summed E-state index contributed by atoms with van der Waals surface area (Å²) in [6, 6.07) is 15.6. The molecule has 27 heavy (non-hydrogen) atoms. The Kier molecular flexibility index (Phi) is 5.94. The molecule has 0 aliphatic carbocycles. The molecule has 1 aliphatic heterocycles. The van der Waals surface area contributed by atoms with Gasteiger partial charge in [0.2, 0.25) is 5.91 Å². The van der Waals surface area contributed by atoms with Crippen LogP contribution in [0.3, 0.4) is 0 Å². The minimum atomic E-state index is -0.437. The van der Waals surface area contributed by atoms with Crippen molar-refractivity contribution < 1.29 is 14.3 Å². The topological polar surface area (TPSA) is 46.6 Å². The van der Waals surface area contributed by atoms with Gasteiger partial charge in [-0.05, 0) is 48.1 Å². The van der Waals surface area contributed by atoms with Crippen LogP contribution in [-0.4, -0.2) is 18.4 Å². The van der Waals surface area contributed by atoms with Crippen LogP contribution in [-0.2, 0) is 16.0 Å². The predicted molar refractivity (Wildman–Crippen MR) is 107 cm³/mol. The zero-order valence-electron chi connectivity index (χ0n) is 16.3. The van der Waals surface area contributed by atoms with Gasteiger partial charge in [-0.25, -0.2) is 0 Å². The molecule has 3 rings (SSSR count). The van der Waals surface area contributed by atoms with Crippen molar-refractivity contribution >= 4 is 17.6 Å². The summed E-state index contributed by atoms with van der Waals surface area (Å²) >= 11 is 0. The van der Waals surface area contributed by atoms with E-state index >= 15 is 0 Å². The molecule has 0 bridgehead atoms. The van der Waals surface area contributed by atoms with E-state index in [9.17, 15) is 9.59 Å². The second kappa shape index (κ2) is 8.38. The lowest BCUT2D eigenvalue weighted by Crippen LogP contribution is -2.27. The maximum absolute atomic E-state index is 12.7. The van der Waals surface area contributed by atoms with Crippen LogP contribution in [0.5, 0.6) is 5.75 Å². The molecular formula is C23H27NO3. The molecule has 2 aromatic rings. The van der Waals surface area contributed by atoms with Crippen LogP contribution in [0.25, 0.3) is 0 Å². The van der Waals surface area contributed by atoms with Gasteiger partial charge in [0.1, 0.15) is 5.75 Å². The van der Waals surface area contributed by atoms with Crippen LogP contribution in [0, 0.1) is 5.92 Å². The fourth-order valence-electron chi connectivity index (χ4n) is 3.42. The zero-order valence-corrected chi connectivity index (χ0v) is 16.3. The number of aryl methyl sites for hydroxylation is 1. The molecule has 1 aliphatic rings. The van der Waals surface area contributed by atoms with Crippen LogP contribution >= 0.6 is 0 Å². The minimum absolute atomic E-state index is 0.0311. The van der Waals surface area contributed by atoms with Gasteiger partial charge in [0.25, 0.3) is 0 Å². The van der Waals surface area contributed by atoms with Gasteiger partial charge in [-0.1, -0.05) is 51.1 Å². The molecule has 0 saturated carbocycles. The molecule has 0 radical (unpaired) electrons. The van der Waals surface area contributed by atoms with E-state index in [1.165, 1.54) is 5.56 Å². The van der Waals surface area contributed by atoms with E-state index < -0.39 is 5.92 Å². The van der Waals surface area contributed by atoms with Gasteiger partial charge in [-0.15, -0.1) is 0 Å². The fourth-order valence-corrected chi connectivity index (χ4v) is 3.42. The van der Waals surface area contributed by atoms with Crippen LogP contribution in [0.4, 0.5) is 5.69 Å².